The summed E-state index contributed by atoms with van der Waals surface area (Å²) in [5, 5.41) is 10.3. The Balaban J connectivity index is 0. The van der Waals surface area contributed by atoms with Crippen LogP contribution >= 0.6 is 0 Å². The molecule has 25 heavy (non-hydrogen) atoms. The van der Waals surface area contributed by atoms with Crippen LogP contribution in [0.4, 0.5) is 0 Å². The van der Waals surface area contributed by atoms with E-state index in [1.54, 1.807) is 0 Å². The molecule has 0 saturated heterocycles. The van der Waals surface area contributed by atoms with E-state index in [0.29, 0.717) is 0 Å². The summed E-state index contributed by atoms with van der Waals surface area (Å²) in [6.07, 6.45) is 25.7. The van der Waals surface area contributed by atoms with Crippen molar-refractivity contribution in [1.82, 2.24) is 0 Å². The summed E-state index contributed by atoms with van der Waals surface area (Å²) in [5.41, 5.74) is 0. The SMILES string of the molecule is CCCCCCCCCCCCCCCCCCCCCC(=O)[O-].[Zn+2]. The van der Waals surface area contributed by atoms with E-state index in [4.69, 9.17) is 0 Å². The number of rotatable bonds is 20. The second-order valence-corrected chi connectivity index (χ2v) is 7.49. The van der Waals surface area contributed by atoms with E-state index >= 15 is 0 Å². The maximum atomic E-state index is 10.3. The summed E-state index contributed by atoms with van der Waals surface area (Å²) in [7, 11) is 0. The van der Waals surface area contributed by atoms with E-state index in [1.165, 1.54) is 109 Å². The van der Waals surface area contributed by atoms with Gasteiger partial charge < -0.3 is 9.90 Å². The van der Waals surface area contributed by atoms with Gasteiger partial charge in [0.2, 0.25) is 0 Å². The number of carbonyl (C=O) groups excluding carboxylic acids is 1. The molecule has 0 rings (SSSR count). The molecule has 0 aromatic carbocycles. The Hall–Kier alpha value is 0.0934. The van der Waals surface area contributed by atoms with Gasteiger partial charge in [-0.1, -0.05) is 122 Å². The fraction of sp³-hybridized carbons (Fsp3) is 0.955. The fourth-order valence-electron chi connectivity index (χ4n) is 3.35. The number of carbonyl (C=O) groups is 1. The van der Waals surface area contributed by atoms with Crippen LogP contribution in [0.3, 0.4) is 0 Å². The van der Waals surface area contributed by atoms with E-state index in [1.807, 2.05) is 0 Å². The van der Waals surface area contributed by atoms with Gasteiger partial charge in [0.15, 0.2) is 0 Å². The largest absolute Gasteiger partial charge is 2.00 e. The van der Waals surface area contributed by atoms with Crippen molar-refractivity contribution >= 4 is 5.97 Å². The number of aliphatic carboxylic acids is 1. The average molecular weight is 405 g/mol. The number of hydrogen-bond donors (Lipinski definition) is 0. The van der Waals surface area contributed by atoms with Crippen LogP contribution < -0.4 is 5.11 Å². The molecule has 0 aliphatic carbocycles. The molecular formula is C22H43O2Zn+. The first-order valence-electron chi connectivity index (χ1n) is 11.0. The number of carboxylic acid groups (broad SMARTS) is 1. The van der Waals surface area contributed by atoms with Gasteiger partial charge in [0.1, 0.15) is 0 Å². The number of hydrogen-bond acceptors (Lipinski definition) is 2. The van der Waals surface area contributed by atoms with Crippen LogP contribution in [0.1, 0.15) is 135 Å². The summed E-state index contributed by atoms with van der Waals surface area (Å²) < 4.78 is 0. The summed E-state index contributed by atoms with van der Waals surface area (Å²) in [6.45, 7) is 2.28. The first-order chi connectivity index (χ1) is 11.8. The van der Waals surface area contributed by atoms with Crippen LogP contribution in [0.25, 0.3) is 0 Å². The Labute approximate surface area is 170 Å². The Bertz CT molecular complexity index is 256. The van der Waals surface area contributed by atoms with Crippen LogP contribution in [0.15, 0.2) is 0 Å². The van der Waals surface area contributed by atoms with E-state index in [2.05, 4.69) is 6.92 Å². The smallest absolute Gasteiger partial charge is 0.550 e. The molecular weight excluding hydrogens is 362 g/mol. The number of unbranched alkanes of at least 4 members (excludes halogenated alkanes) is 18. The fourth-order valence-corrected chi connectivity index (χ4v) is 3.35. The van der Waals surface area contributed by atoms with Crippen molar-refractivity contribution in [2.45, 2.75) is 135 Å². The van der Waals surface area contributed by atoms with Crippen LogP contribution in [0, 0.1) is 0 Å². The first-order valence-corrected chi connectivity index (χ1v) is 11.0. The van der Waals surface area contributed by atoms with E-state index in [0.717, 1.165) is 12.8 Å². The molecule has 3 heteroatoms. The van der Waals surface area contributed by atoms with Gasteiger partial charge >= 0.3 is 19.5 Å². The minimum Gasteiger partial charge on any atom is -0.550 e. The molecule has 0 saturated carbocycles. The Morgan fingerprint density at radius 3 is 1.00 bits per heavy atom. The van der Waals surface area contributed by atoms with Crippen molar-refractivity contribution in [3.05, 3.63) is 0 Å². The summed E-state index contributed by atoms with van der Waals surface area (Å²) in [6, 6.07) is 0. The molecule has 0 atom stereocenters. The third kappa shape index (κ3) is 26.4. The number of carboxylic acids is 1. The van der Waals surface area contributed by atoms with E-state index < -0.39 is 5.97 Å². The first kappa shape index (κ1) is 27.3. The topological polar surface area (TPSA) is 40.1 Å². The minimum atomic E-state index is -0.901. The second kappa shape index (κ2) is 24.1. The normalized spacial score (nSPS) is 10.6. The zero-order valence-corrected chi connectivity index (χ0v) is 20.1. The molecule has 0 amide bonds. The molecule has 2 nitrogen and oxygen atoms in total. The van der Waals surface area contributed by atoms with Gasteiger partial charge in [0.05, 0.1) is 0 Å². The molecule has 0 aliphatic heterocycles. The van der Waals surface area contributed by atoms with E-state index in [9.17, 15) is 9.90 Å². The quantitative estimate of drug-likeness (QED) is 0.170. The van der Waals surface area contributed by atoms with Crippen molar-refractivity contribution in [2.24, 2.45) is 0 Å². The summed E-state index contributed by atoms with van der Waals surface area (Å²) in [4.78, 5) is 10.3. The Morgan fingerprint density at radius 1 is 0.520 bits per heavy atom. The molecule has 0 unspecified atom stereocenters. The monoisotopic (exact) mass is 403 g/mol. The van der Waals surface area contributed by atoms with Crippen molar-refractivity contribution in [3.8, 4) is 0 Å². The molecule has 144 valence electrons. The van der Waals surface area contributed by atoms with Crippen molar-refractivity contribution < 1.29 is 29.4 Å². The van der Waals surface area contributed by atoms with Gasteiger partial charge in [0, 0.05) is 5.97 Å². The molecule has 0 spiro atoms. The summed E-state index contributed by atoms with van der Waals surface area (Å²) in [5.74, 6) is -0.901. The predicted octanol–water partition coefficient (Wildman–Crippen LogP) is 6.56. The van der Waals surface area contributed by atoms with Crippen LogP contribution in [0.5, 0.6) is 0 Å². The van der Waals surface area contributed by atoms with Crippen LogP contribution in [0.2, 0.25) is 0 Å². The molecule has 0 aromatic rings. The Morgan fingerprint density at radius 2 is 0.760 bits per heavy atom. The maximum absolute atomic E-state index is 10.3. The molecule has 0 bridgehead atoms. The van der Waals surface area contributed by atoms with Crippen LogP contribution in [-0.4, -0.2) is 5.97 Å². The maximum Gasteiger partial charge on any atom is 2.00 e. The Kier molecular flexibility index (Phi) is 26.3. The van der Waals surface area contributed by atoms with Crippen LogP contribution in [-0.2, 0) is 24.3 Å². The van der Waals surface area contributed by atoms with Gasteiger partial charge in [0.25, 0.3) is 0 Å². The minimum absolute atomic E-state index is 0. The third-order valence-corrected chi connectivity index (χ3v) is 4.98. The average Bonchev–Trinajstić information content (AvgIpc) is 2.56. The molecule has 0 heterocycles. The third-order valence-electron chi connectivity index (χ3n) is 4.98. The van der Waals surface area contributed by atoms with Crippen molar-refractivity contribution in [2.75, 3.05) is 0 Å². The van der Waals surface area contributed by atoms with Crippen molar-refractivity contribution in [1.29, 1.82) is 0 Å². The molecule has 0 fully saturated rings. The van der Waals surface area contributed by atoms with Gasteiger partial charge in [-0.15, -0.1) is 0 Å². The molecule has 0 aliphatic rings. The standard InChI is InChI=1S/C22H44O2.Zn/c1-2-3-4-5-6-7-8-9-10-11-12-13-14-15-16-17-18-19-20-21-22(23)24;/h2-21H2,1H3,(H,23,24);/q;+2/p-1. The molecule has 0 N–H and O–H groups in total. The second-order valence-electron chi connectivity index (χ2n) is 7.49. The van der Waals surface area contributed by atoms with Gasteiger partial charge in [-0.25, -0.2) is 0 Å². The zero-order chi connectivity index (χ0) is 17.7. The predicted molar refractivity (Wildman–Crippen MR) is 103 cm³/mol. The summed E-state index contributed by atoms with van der Waals surface area (Å²) >= 11 is 0. The van der Waals surface area contributed by atoms with Gasteiger partial charge in [-0.3, -0.25) is 0 Å². The zero-order valence-electron chi connectivity index (χ0n) is 17.2. The van der Waals surface area contributed by atoms with Gasteiger partial charge in [-0.2, -0.15) is 0 Å². The van der Waals surface area contributed by atoms with Crippen molar-refractivity contribution in [3.63, 3.8) is 0 Å². The van der Waals surface area contributed by atoms with Gasteiger partial charge in [-0.05, 0) is 12.8 Å². The molecule has 0 aromatic heterocycles. The molecule has 0 radical (unpaired) electrons. The van der Waals surface area contributed by atoms with E-state index in [-0.39, 0.29) is 25.9 Å².